The highest BCUT2D eigenvalue weighted by Gasteiger charge is 2.58. The van der Waals surface area contributed by atoms with E-state index >= 15 is 0 Å². The monoisotopic (exact) mass is 440 g/mol. The van der Waals surface area contributed by atoms with Crippen LogP contribution in [0.1, 0.15) is 43.2 Å². The molecule has 2 aliphatic rings. The Bertz CT molecular complexity index is 1120. The minimum absolute atomic E-state index is 0.0106. The van der Waals surface area contributed by atoms with Crippen molar-refractivity contribution in [1.29, 1.82) is 0 Å². The lowest BCUT2D eigenvalue weighted by Crippen LogP contribution is -2.49. The van der Waals surface area contributed by atoms with Crippen molar-refractivity contribution in [2.75, 3.05) is 11.9 Å². The van der Waals surface area contributed by atoms with Crippen LogP contribution < -0.4 is 5.32 Å². The van der Waals surface area contributed by atoms with E-state index in [1.807, 2.05) is 43.3 Å². The molecule has 1 saturated heterocycles. The molecule has 1 aliphatic carbocycles. The number of nitrogens with one attached hydrogen (secondary N) is 2. The van der Waals surface area contributed by atoms with Gasteiger partial charge >= 0.3 is 6.09 Å². The average molecular weight is 440 g/mol. The molecule has 8 heteroatoms. The minimum atomic E-state index is -2.65. The van der Waals surface area contributed by atoms with Crippen molar-refractivity contribution in [2.45, 2.75) is 56.7 Å². The lowest BCUT2D eigenvalue weighted by molar-refractivity contribution is 0.0696. The highest BCUT2D eigenvalue weighted by atomic mass is 19.3. The van der Waals surface area contributed by atoms with Crippen LogP contribution in [0.15, 0.2) is 48.8 Å². The van der Waals surface area contributed by atoms with E-state index in [1.165, 1.54) is 0 Å². The third kappa shape index (κ3) is 4.01. The zero-order chi connectivity index (χ0) is 22.3. The summed E-state index contributed by atoms with van der Waals surface area (Å²) in [4.78, 5) is 21.8. The van der Waals surface area contributed by atoms with Gasteiger partial charge in [-0.1, -0.05) is 30.3 Å². The standard InChI is InChI=1S/C24H26F2N4O2/c1-15-7-8-17(13-30(15)23(31)32-14-16-5-3-2-4-6-16)29-20-9-10-27-22-21(20)18(12-28-22)19-11-24(19,25)26/h2-6,9-10,12,15,17,19H,7-8,11,13-14H2,1H3,(H2,27,28,29)/t15-,17+,19?/m0/s1. The average Bonchev–Trinajstić information content (AvgIpc) is 3.21. The first-order valence-electron chi connectivity index (χ1n) is 11.0. The number of piperidine rings is 1. The summed E-state index contributed by atoms with van der Waals surface area (Å²) in [6.07, 6.45) is 4.53. The molecule has 1 aliphatic heterocycles. The number of fused-ring (bicyclic) bond motifs is 1. The Morgan fingerprint density at radius 3 is 2.81 bits per heavy atom. The van der Waals surface area contributed by atoms with Gasteiger partial charge in [-0.15, -0.1) is 0 Å². The topological polar surface area (TPSA) is 70.2 Å². The van der Waals surface area contributed by atoms with E-state index in [9.17, 15) is 13.6 Å². The molecule has 1 saturated carbocycles. The Balaban J connectivity index is 1.29. The Morgan fingerprint density at radius 2 is 2.06 bits per heavy atom. The first kappa shape index (κ1) is 20.7. The van der Waals surface area contributed by atoms with Crippen molar-refractivity contribution in [3.05, 3.63) is 59.9 Å². The Labute approximate surface area is 185 Å². The van der Waals surface area contributed by atoms with E-state index in [0.717, 1.165) is 24.1 Å². The second kappa shape index (κ2) is 8.07. The van der Waals surface area contributed by atoms with Crippen molar-refractivity contribution in [1.82, 2.24) is 14.9 Å². The maximum atomic E-state index is 13.7. The molecule has 3 atom stereocenters. The number of rotatable bonds is 5. The molecule has 2 N–H and O–H groups in total. The molecule has 1 unspecified atom stereocenters. The fourth-order valence-electron chi connectivity index (χ4n) is 4.53. The molecule has 1 aromatic carbocycles. The number of carbonyl (C=O) groups excluding carboxylic acids is 1. The zero-order valence-corrected chi connectivity index (χ0v) is 17.9. The van der Waals surface area contributed by atoms with Crippen LogP contribution in [-0.4, -0.2) is 45.5 Å². The van der Waals surface area contributed by atoms with Gasteiger partial charge in [-0.05, 0) is 37.0 Å². The highest BCUT2D eigenvalue weighted by Crippen LogP contribution is 2.57. The van der Waals surface area contributed by atoms with Crippen molar-refractivity contribution < 1.29 is 18.3 Å². The number of hydrogen-bond donors (Lipinski definition) is 2. The number of aromatic nitrogens is 2. The fraction of sp³-hybridized carbons (Fsp3) is 0.417. The normalized spacial score (nSPS) is 24.3. The van der Waals surface area contributed by atoms with Crippen LogP contribution >= 0.6 is 0 Å². The maximum Gasteiger partial charge on any atom is 0.410 e. The van der Waals surface area contributed by atoms with E-state index in [2.05, 4.69) is 15.3 Å². The van der Waals surface area contributed by atoms with Gasteiger partial charge in [0.15, 0.2) is 0 Å². The number of H-pyrrole nitrogens is 1. The Hall–Kier alpha value is -3.16. The van der Waals surface area contributed by atoms with Crippen LogP contribution in [0.5, 0.6) is 0 Å². The van der Waals surface area contributed by atoms with Crippen LogP contribution in [0, 0.1) is 0 Å². The highest BCUT2D eigenvalue weighted by molar-refractivity contribution is 5.93. The van der Waals surface area contributed by atoms with E-state index < -0.39 is 11.8 Å². The molecule has 6 nitrogen and oxygen atoms in total. The van der Waals surface area contributed by atoms with Gasteiger partial charge in [0.2, 0.25) is 0 Å². The molecular weight excluding hydrogens is 414 g/mol. The lowest BCUT2D eigenvalue weighted by Gasteiger charge is -2.38. The number of ether oxygens (including phenoxy) is 1. The summed E-state index contributed by atoms with van der Waals surface area (Å²) >= 11 is 0. The number of likely N-dealkylation sites (tertiary alicyclic amines) is 1. The number of aromatic amines is 1. The van der Waals surface area contributed by atoms with Crippen LogP contribution in [-0.2, 0) is 11.3 Å². The molecule has 3 heterocycles. The number of carbonyl (C=O) groups is 1. The predicted octanol–water partition coefficient (Wildman–Crippen LogP) is 5.29. The summed E-state index contributed by atoms with van der Waals surface area (Å²) in [5.41, 5.74) is 2.90. The predicted molar refractivity (Wildman–Crippen MR) is 118 cm³/mol. The Kier molecular flexibility index (Phi) is 5.23. The van der Waals surface area contributed by atoms with Crippen molar-refractivity contribution in [3.63, 3.8) is 0 Å². The maximum absolute atomic E-state index is 13.7. The van der Waals surface area contributed by atoms with Gasteiger partial charge in [-0.3, -0.25) is 0 Å². The molecular formula is C24H26F2N4O2. The molecule has 5 rings (SSSR count). The second-order valence-electron chi connectivity index (χ2n) is 8.80. The summed E-state index contributed by atoms with van der Waals surface area (Å²) in [6.45, 7) is 2.73. The summed E-state index contributed by atoms with van der Waals surface area (Å²) in [5, 5.41) is 4.20. The van der Waals surface area contributed by atoms with Gasteiger partial charge in [0.1, 0.15) is 12.3 Å². The van der Waals surface area contributed by atoms with Crippen LogP contribution in [0.2, 0.25) is 0 Å². The molecule has 0 bridgehead atoms. The number of benzene rings is 1. The molecule has 1 amide bonds. The van der Waals surface area contributed by atoms with E-state index in [0.29, 0.717) is 23.1 Å². The number of amides is 1. The van der Waals surface area contributed by atoms with Crippen LogP contribution in [0.4, 0.5) is 19.3 Å². The quantitative estimate of drug-likeness (QED) is 0.566. The number of alkyl halides is 2. The largest absolute Gasteiger partial charge is 0.445 e. The van der Waals surface area contributed by atoms with Crippen molar-refractivity contribution in [3.8, 4) is 0 Å². The van der Waals surface area contributed by atoms with Crippen LogP contribution in [0.25, 0.3) is 11.0 Å². The second-order valence-corrected chi connectivity index (χ2v) is 8.80. The summed E-state index contributed by atoms with van der Waals surface area (Å²) in [6, 6.07) is 11.5. The molecule has 32 heavy (non-hydrogen) atoms. The van der Waals surface area contributed by atoms with Crippen molar-refractivity contribution >= 4 is 22.8 Å². The van der Waals surface area contributed by atoms with E-state index in [4.69, 9.17) is 4.74 Å². The third-order valence-corrected chi connectivity index (χ3v) is 6.49. The van der Waals surface area contributed by atoms with E-state index in [1.54, 1.807) is 17.3 Å². The molecule has 2 aromatic heterocycles. The molecule has 0 spiro atoms. The van der Waals surface area contributed by atoms with Gasteiger partial charge in [0.25, 0.3) is 5.92 Å². The smallest absolute Gasteiger partial charge is 0.410 e. The zero-order valence-electron chi connectivity index (χ0n) is 17.9. The van der Waals surface area contributed by atoms with Gasteiger partial charge in [0.05, 0.1) is 5.92 Å². The first-order chi connectivity index (χ1) is 15.4. The third-order valence-electron chi connectivity index (χ3n) is 6.49. The number of anilines is 1. The number of halogens is 2. The minimum Gasteiger partial charge on any atom is -0.445 e. The molecule has 2 fully saturated rings. The van der Waals surface area contributed by atoms with Crippen LogP contribution in [0.3, 0.4) is 0 Å². The summed E-state index contributed by atoms with van der Waals surface area (Å²) in [7, 11) is 0. The first-order valence-corrected chi connectivity index (χ1v) is 11.0. The van der Waals surface area contributed by atoms with E-state index in [-0.39, 0.29) is 31.2 Å². The van der Waals surface area contributed by atoms with Gasteiger partial charge in [-0.25, -0.2) is 18.6 Å². The lowest BCUT2D eigenvalue weighted by atomic mass is 9.99. The van der Waals surface area contributed by atoms with Gasteiger partial charge < -0.3 is 19.9 Å². The molecule has 3 aromatic rings. The van der Waals surface area contributed by atoms with Gasteiger partial charge in [-0.2, -0.15) is 0 Å². The number of nitrogens with zero attached hydrogens (tertiary/aromatic N) is 2. The summed E-state index contributed by atoms with van der Waals surface area (Å²) in [5.74, 6) is -3.42. The van der Waals surface area contributed by atoms with Gasteiger partial charge in [0, 0.05) is 48.5 Å². The SMILES string of the molecule is C[C@H]1CC[C@@H](Nc2ccnc3[nH]cc(C4CC4(F)F)c23)CN1C(=O)OCc1ccccc1. The van der Waals surface area contributed by atoms with Crippen molar-refractivity contribution in [2.24, 2.45) is 0 Å². The summed E-state index contributed by atoms with van der Waals surface area (Å²) < 4.78 is 33.0. The fourth-order valence-corrected chi connectivity index (χ4v) is 4.53. The number of pyridine rings is 1. The molecule has 0 radical (unpaired) electrons. The molecule has 168 valence electrons. The Morgan fingerprint density at radius 1 is 1.28 bits per heavy atom. The number of hydrogen-bond acceptors (Lipinski definition) is 4.